The highest BCUT2D eigenvalue weighted by Gasteiger charge is 2.14. The molecule has 1 nitrogen and oxygen atoms in total. The Kier molecular flexibility index (Phi) is 3.32. The van der Waals surface area contributed by atoms with Crippen molar-refractivity contribution in [2.75, 3.05) is 0 Å². The number of aldehydes is 1. The predicted molar refractivity (Wildman–Crippen MR) is 38.8 cm³/mol. The Hall–Kier alpha value is 0.177. The third-order valence-corrected chi connectivity index (χ3v) is 2.90. The first-order valence-electron chi connectivity index (χ1n) is 2.69. The molecule has 0 bridgehead atoms. The number of rotatable bonds is 3. The van der Waals surface area contributed by atoms with Crippen LogP contribution in [0.5, 0.6) is 0 Å². The first-order chi connectivity index (χ1) is 3.56. The number of carbonyl (C=O) groups is 1. The van der Waals surface area contributed by atoms with E-state index in [1.807, 2.05) is 13.1 Å². The van der Waals surface area contributed by atoms with Gasteiger partial charge in [-0.3, -0.25) is 0 Å². The van der Waals surface area contributed by atoms with Crippen molar-refractivity contribution in [3.8, 4) is 0 Å². The zero-order valence-electron chi connectivity index (χ0n) is 5.28. The monoisotopic (exact) mass is 150 g/mol. The minimum Gasteiger partial charge on any atom is -0.303 e. The second-order valence-electron chi connectivity index (χ2n) is 2.42. The van der Waals surface area contributed by atoms with E-state index in [2.05, 4.69) is 0 Å². The summed E-state index contributed by atoms with van der Waals surface area (Å²) in [6.45, 7) is 4.08. The van der Waals surface area contributed by atoms with Gasteiger partial charge in [0.2, 0.25) is 0 Å². The van der Waals surface area contributed by atoms with Crippen LogP contribution >= 0.6 is 11.1 Å². The summed E-state index contributed by atoms with van der Waals surface area (Å²) in [6.07, 6.45) is 1.56. The molecule has 0 rings (SSSR count). The van der Waals surface area contributed by atoms with Gasteiger partial charge in [0.25, 0.3) is 0 Å². The van der Waals surface area contributed by atoms with Gasteiger partial charge in [-0.05, 0) is 6.04 Å². The molecule has 8 heavy (non-hydrogen) atoms. The predicted octanol–water partition coefficient (Wildman–Crippen LogP) is 2.02. The van der Waals surface area contributed by atoms with Crippen molar-refractivity contribution in [1.29, 1.82) is 0 Å². The molecule has 0 spiro atoms. The molecule has 3 heteroatoms. The highest BCUT2D eigenvalue weighted by molar-refractivity contribution is 7.19. The molecule has 0 amide bonds. The fourth-order valence-electron chi connectivity index (χ4n) is 0.402. The zero-order valence-corrected chi connectivity index (χ0v) is 7.03. The third-order valence-electron chi connectivity index (χ3n) is 0.857. The van der Waals surface area contributed by atoms with E-state index in [0.29, 0.717) is 6.42 Å². The Balaban J connectivity index is 3.24. The SMILES string of the molecule is C[Si](C)(Cl)CCC=O. The first kappa shape index (κ1) is 8.18. The summed E-state index contributed by atoms with van der Waals surface area (Å²) < 4.78 is 0. The molecule has 0 saturated carbocycles. The van der Waals surface area contributed by atoms with Gasteiger partial charge in [-0.15, -0.1) is 0 Å². The second-order valence-corrected chi connectivity index (χ2v) is 9.43. The fourth-order valence-corrected chi connectivity index (χ4v) is 1.53. The van der Waals surface area contributed by atoms with Crippen molar-refractivity contribution in [3.63, 3.8) is 0 Å². The Morgan fingerprint density at radius 3 is 2.25 bits per heavy atom. The van der Waals surface area contributed by atoms with Crippen LogP contribution in [0.3, 0.4) is 0 Å². The van der Waals surface area contributed by atoms with Gasteiger partial charge in [0.05, 0.1) is 0 Å². The van der Waals surface area contributed by atoms with Crippen molar-refractivity contribution < 1.29 is 4.79 Å². The minimum atomic E-state index is -1.44. The van der Waals surface area contributed by atoms with Crippen molar-refractivity contribution in [2.45, 2.75) is 25.6 Å². The third kappa shape index (κ3) is 6.18. The average Bonchev–Trinajstić information content (AvgIpc) is 1.59. The van der Waals surface area contributed by atoms with Gasteiger partial charge in [-0.1, -0.05) is 13.1 Å². The molecule has 0 radical (unpaired) electrons. The molecule has 0 saturated heterocycles. The lowest BCUT2D eigenvalue weighted by molar-refractivity contribution is -0.107. The van der Waals surface area contributed by atoms with E-state index < -0.39 is 7.38 Å². The molecule has 0 fully saturated rings. The zero-order chi connectivity index (χ0) is 6.62. The number of hydrogen-bond donors (Lipinski definition) is 0. The number of carbonyl (C=O) groups excluding carboxylic acids is 1. The standard InChI is InChI=1S/C5H11ClOSi/c1-8(2,6)5-3-4-7/h4H,3,5H2,1-2H3. The summed E-state index contributed by atoms with van der Waals surface area (Å²) in [5, 5.41) is 0. The van der Waals surface area contributed by atoms with Gasteiger partial charge in [-0.25, -0.2) is 0 Å². The van der Waals surface area contributed by atoms with Crippen LogP contribution in [-0.4, -0.2) is 13.7 Å². The van der Waals surface area contributed by atoms with Crippen molar-refractivity contribution >= 4 is 24.7 Å². The average molecular weight is 151 g/mol. The molecular formula is C5H11ClOSi. The Labute approximate surface area is 55.8 Å². The maximum absolute atomic E-state index is 9.82. The van der Waals surface area contributed by atoms with E-state index in [9.17, 15) is 4.79 Å². The topological polar surface area (TPSA) is 17.1 Å². The van der Waals surface area contributed by atoms with Crippen molar-refractivity contribution in [2.24, 2.45) is 0 Å². The maximum Gasteiger partial charge on any atom is 0.150 e. The van der Waals surface area contributed by atoms with E-state index in [1.165, 1.54) is 0 Å². The summed E-state index contributed by atoms with van der Waals surface area (Å²) in [4.78, 5) is 9.82. The van der Waals surface area contributed by atoms with Crippen LogP contribution in [0.2, 0.25) is 19.1 Å². The Morgan fingerprint density at radius 1 is 1.62 bits per heavy atom. The van der Waals surface area contributed by atoms with E-state index in [-0.39, 0.29) is 0 Å². The normalized spacial score (nSPS) is 11.4. The summed E-state index contributed by atoms with van der Waals surface area (Å²) in [7, 11) is -1.44. The quantitative estimate of drug-likeness (QED) is 0.342. The molecular weight excluding hydrogens is 140 g/mol. The molecule has 0 aliphatic heterocycles. The maximum atomic E-state index is 9.82. The van der Waals surface area contributed by atoms with E-state index >= 15 is 0 Å². The van der Waals surface area contributed by atoms with Gasteiger partial charge in [0, 0.05) is 6.42 Å². The van der Waals surface area contributed by atoms with Gasteiger partial charge in [0.1, 0.15) is 6.29 Å². The van der Waals surface area contributed by atoms with Gasteiger partial charge >= 0.3 is 0 Å². The number of hydrogen-bond acceptors (Lipinski definition) is 1. The van der Waals surface area contributed by atoms with Crippen LogP contribution in [0, 0.1) is 0 Å². The van der Waals surface area contributed by atoms with Crippen LogP contribution < -0.4 is 0 Å². The molecule has 0 heterocycles. The van der Waals surface area contributed by atoms with Gasteiger partial charge < -0.3 is 4.79 Å². The molecule has 0 unspecified atom stereocenters. The fraction of sp³-hybridized carbons (Fsp3) is 0.800. The first-order valence-corrected chi connectivity index (χ1v) is 6.91. The Morgan fingerprint density at radius 2 is 2.12 bits per heavy atom. The lowest BCUT2D eigenvalue weighted by Crippen LogP contribution is -2.15. The Bertz CT molecular complexity index is 77.0. The molecule has 0 aromatic carbocycles. The summed E-state index contributed by atoms with van der Waals surface area (Å²) >= 11 is 5.89. The van der Waals surface area contributed by atoms with E-state index in [4.69, 9.17) is 11.1 Å². The largest absolute Gasteiger partial charge is 0.303 e. The lowest BCUT2D eigenvalue weighted by Gasteiger charge is -2.08. The van der Waals surface area contributed by atoms with Crippen LogP contribution in [-0.2, 0) is 4.79 Å². The lowest BCUT2D eigenvalue weighted by atomic mass is 10.6. The molecule has 0 aliphatic carbocycles. The molecule has 0 aromatic heterocycles. The summed E-state index contributed by atoms with van der Waals surface area (Å²) in [5.41, 5.74) is 0. The second kappa shape index (κ2) is 3.25. The van der Waals surface area contributed by atoms with Crippen LogP contribution in [0.25, 0.3) is 0 Å². The van der Waals surface area contributed by atoms with E-state index in [0.717, 1.165) is 12.3 Å². The molecule has 0 aliphatic rings. The van der Waals surface area contributed by atoms with Crippen molar-refractivity contribution in [1.82, 2.24) is 0 Å². The van der Waals surface area contributed by atoms with Gasteiger partial charge in [-0.2, -0.15) is 11.1 Å². The minimum absolute atomic E-state index is 0.628. The highest BCUT2D eigenvalue weighted by atomic mass is 35.6. The smallest absolute Gasteiger partial charge is 0.150 e. The summed E-state index contributed by atoms with van der Waals surface area (Å²) in [5.74, 6) is 0. The van der Waals surface area contributed by atoms with Gasteiger partial charge in [0.15, 0.2) is 7.38 Å². The van der Waals surface area contributed by atoms with Crippen LogP contribution in [0.4, 0.5) is 0 Å². The molecule has 48 valence electrons. The van der Waals surface area contributed by atoms with Crippen LogP contribution in [0.15, 0.2) is 0 Å². The highest BCUT2D eigenvalue weighted by Crippen LogP contribution is 2.14. The molecule has 0 N–H and O–H groups in total. The van der Waals surface area contributed by atoms with Crippen molar-refractivity contribution in [3.05, 3.63) is 0 Å². The van der Waals surface area contributed by atoms with Crippen LogP contribution in [0.1, 0.15) is 6.42 Å². The summed E-state index contributed by atoms with van der Waals surface area (Å²) in [6, 6.07) is 0.901. The number of halogens is 1. The van der Waals surface area contributed by atoms with E-state index in [1.54, 1.807) is 0 Å². The molecule has 0 atom stereocenters. The molecule has 0 aromatic rings.